The van der Waals surface area contributed by atoms with Crippen LogP contribution in [-0.2, 0) is 12.8 Å². The zero-order valence-electron chi connectivity index (χ0n) is 12.0. The van der Waals surface area contributed by atoms with E-state index in [-0.39, 0.29) is 0 Å². The van der Waals surface area contributed by atoms with E-state index in [4.69, 9.17) is 4.74 Å². The molecular formula is C15H19Br2NO3. The molecule has 0 saturated carbocycles. The van der Waals surface area contributed by atoms with Crippen LogP contribution in [-0.4, -0.2) is 22.7 Å². The number of rotatable bonds is 9. The van der Waals surface area contributed by atoms with Gasteiger partial charge < -0.3 is 4.74 Å². The number of aryl methyl sites for hydroxylation is 2. The Hall–Kier alpha value is -0.880. The van der Waals surface area contributed by atoms with E-state index in [1.54, 1.807) is 7.11 Å². The van der Waals surface area contributed by atoms with Gasteiger partial charge in [-0.1, -0.05) is 31.9 Å². The van der Waals surface area contributed by atoms with Gasteiger partial charge >= 0.3 is 0 Å². The number of halogens is 2. The SMILES string of the molecule is COc1c(CCCBr)cc(/C=C/[N+](=O)[O-])cc1CCCBr. The summed E-state index contributed by atoms with van der Waals surface area (Å²) in [6, 6.07) is 3.94. The number of nitro groups is 1. The summed E-state index contributed by atoms with van der Waals surface area (Å²) in [5.41, 5.74) is 3.06. The summed E-state index contributed by atoms with van der Waals surface area (Å²) in [7, 11) is 1.68. The van der Waals surface area contributed by atoms with Gasteiger partial charge in [0.05, 0.1) is 12.0 Å². The van der Waals surface area contributed by atoms with Crippen molar-refractivity contribution in [2.24, 2.45) is 0 Å². The van der Waals surface area contributed by atoms with Crippen molar-refractivity contribution in [3.05, 3.63) is 45.1 Å². The molecule has 1 aromatic rings. The molecule has 4 nitrogen and oxygen atoms in total. The van der Waals surface area contributed by atoms with Crippen LogP contribution in [0.3, 0.4) is 0 Å². The number of alkyl halides is 2. The lowest BCUT2D eigenvalue weighted by molar-refractivity contribution is -0.400. The molecule has 0 saturated heterocycles. The van der Waals surface area contributed by atoms with E-state index in [0.29, 0.717) is 0 Å². The summed E-state index contributed by atoms with van der Waals surface area (Å²) in [5.74, 6) is 0.912. The van der Waals surface area contributed by atoms with Crippen LogP contribution in [0.1, 0.15) is 29.5 Å². The summed E-state index contributed by atoms with van der Waals surface area (Å²) in [5, 5.41) is 12.3. The zero-order valence-corrected chi connectivity index (χ0v) is 15.2. The second kappa shape index (κ2) is 9.95. The maximum Gasteiger partial charge on any atom is 0.235 e. The largest absolute Gasteiger partial charge is 0.496 e. The number of nitrogens with zero attached hydrogens (tertiary/aromatic N) is 1. The van der Waals surface area contributed by atoms with Crippen molar-refractivity contribution in [2.45, 2.75) is 25.7 Å². The molecule has 0 aliphatic rings. The fourth-order valence-corrected chi connectivity index (χ4v) is 2.73. The highest BCUT2D eigenvalue weighted by Crippen LogP contribution is 2.29. The predicted molar refractivity (Wildman–Crippen MR) is 93.3 cm³/mol. The zero-order chi connectivity index (χ0) is 15.7. The molecule has 0 atom stereocenters. The topological polar surface area (TPSA) is 52.4 Å². The molecule has 0 amide bonds. The summed E-state index contributed by atoms with van der Waals surface area (Å²) in [4.78, 5) is 10.0. The van der Waals surface area contributed by atoms with E-state index in [1.807, 2.05) is 12.1 Å². The molecule has 0 radical (unpaired) electrons. The molecule has 0 bridgehead atoms. The highest BCUT2D eigenvalue weighted by molar-refractivity contribution is 9.09. The Morgan fingerprint density at radius 2 is 1.71 bits per heavy atom. The highest BCUT2D eigenvalue weighted by atomic mass is 79.9. The smallest absolute Gasteiger partial charge is 0.235 e. The van der Waals surface area contributed by atoms with Crippen molar-refractivity contribution < 1.29 is 9.66 Å². The van der Waals surface area contributed by atoms with Crippen LogP contribution in [0.15, 0.2) is 18.3 Å². The quantitative estimate of drug-likeness (QED) is 0.333. The van der Waals surface area contributed by atoms with Crippen LogP contribution in [0.2, 0.25) is 0 Å². The molecule has 6 heteroatoms. The average molecular weight is 421 g/mol. The second-order valence-electron chi connectivity index (χ2n) is 4.56. The minimum atomic E-state index is -0.444. The maximum absolute atomic E-state index is 10.5. The third-order valence-corrected chi connectivity index (χ3v) is 4.14. The van der Waals surface area contributed by atoms with Gasteiger partial charge in [-0.05, 0) is 54.5 Å². The van der Waals surface area contributed by atoms with Gasteiger partial charge in [-0.15, -0.1) is 0 Å². The van der Waals surface area contributed by atoms with Gasteiger partial charge in [0.2, 0.25) is 6.20 Å². The average Bonchev–Trinajstić information content (AvgIpc) is 2.48. The molecule has 1 aromatic carbocycles. The van der Waals surface area contributed by atoms with Crippen molar-refractivity contribution in [1.82, 2.24) is 0 Å². The Kier molecular flexibility index (Phi) is 8.61. The van der Waals surface area contributed by atoms with Gasteiger partial charge in [-0.3, -0.25) is 10.1 Å². The fraction of sp³-hybridized carbons (Fsp3) is 0.467. The second-order valence-corrected chi connectivity index (χ2v) is 6.14. The third-order valence-electron chi connectivity index (χ3n) is 3.02. The van der Waals surface area contributed by atoms with E-state index in [2.05, 4.69) is 31.9 Å². The Balaban J connectivity index is 3.17. The van der Waals surface area contributed by atoms with E-state index in [0.717, 1.165) is 65.0 Å². The lowest BCUT2D eigenvalue weighted by atomic mass is 9.98. The summed E-state index contributed by atoms with van der Waals surface area (Å²) < 4.78 is 5.56. The summed E-state index contributed by atoms with van der Waals surface area (Å²) >= 11 is 6.86. The van der Waals surface area contributed by atoms with Gasteiger partial charge in [0.15, 0.2) is 0 Å². The monoisotopic (exact) mass is 419 g/mol. The Bertz CT molecular complexity index is 475. The van der Waals surface area contributed by atoms with Gasteiger partial charge in [0.25, 0.3) is 0 Å². The Labute approximate surface area is 142 Å². The van der Waals surface area contributed by atoms with Crippen LogP contribution in [0.4, 0.5) is 0 Å². The first-order valence-electron chi connectivity index (χ1n) is 6.75. The molecule has 0 unspecified atom stereocenters. The first kappa shape index (κ1) is 18.2. The molecule has 0 aliphatic carbocycles. The number of hydrogen-bond donors (Lipinski definition) is 0. The molecule has 0 heterocycles. The van der Waals surface area contributed by atoms with Gasteiger partial charge in [0.1, 0.15) is 5.75 Å². The van der Waals surface area contributed by atoms with E-state index < -0.39 is 4.92 Å². The molecular weight excluding hydrogens is 402 g/mol. The molecule has 21 heavy (non-hydrogen) atoms. The molecule has 0 N–H and O–H groups in total. The van der Waals surface area contributed by atoms with Crippen LogP contribution >= 0.6 is 31.9 Å². The standard InChI is InChI=1S/C15H19Br2NO3/c1-21-15-13(4-2-7-16)10-12(6-9-18(19)20)11-14(15)5-3-8-17/h6,9-11H,2-5,7-8H2,1H3/b9-6+. The van der Waals surface area contributed by atoms with Crippen molar-refractivity contribution in [2.75, 3.05) is 17.8 Å². The molecule has 0 aliphatic heterocycles. The third kappa shape index (κ3) is 6.18. The molecule has 116 valence electrons. The Morgan fingerprint density at radius 3 is 2.10 bits per heavy atom. The molecule has 0 spiro atoms. The minimum absolute atomic E-state index is 0.444. The van der Waals surface area contributed by atoms with Gasteiger partial charge in [-0.2, -0.15) is 0 Å². The van der Waals surface area contributed by atoms with Crippen molar-refractivity contribution in [3.8, 4) is 5.75 Å². The molecule has 0 fully saturated rings. The minimum Gasteiger partial charge on any atom is -0.496 e. The van der Waals surface area contributed by atoms with Gasteiger partial charge in [0, 0.05) is 16.7 Å². The predicted octanol–water partition coefficient (Wildman–Crippen LogP) is 4.60. The molecule has 1 rings (SSSR count). The van der Waals surface area contributed by atoms with Crippen molar-refractivity contribution in [1.29, 1.82) is 0 Å². The first-order valence-corrected chi connectivity index (χ1v) is 9.00. The van der Waals surface area contributed by atoms with Gasteiger partial charge in [-0.25, -0.2) is 0 Å². The van der Waals surface area contributed by atoms with Crippen LogP contribution in [0, 0.1) is 10.1 Å². The lowest BCUT2D eigenvalue weighted by Crippen LogP contribution is -2.00. The van der Waals surface area contributed by atoms with Crippen LogP contribution in [0.5, 0.6) is 5.75 Å². The first-order chi connectivity index (χ1) is 10.1. The number of methoxy groups -OCH3 is 1. The van der Waals surface area contributed by atoms with E-state index in [9.17, 15) is 10.1 Å². The summed E-state index contributed by atoms with van der Waals surface area (Å²) in [6.45, 7) is 0. The normalized spacial score (nSPS) is 11.0. The van der Waals surface area contributed by atoms with Crippen molar-refractivity contribution in [3.63, 3.8) is 0 Å². The van der Waals surface area contributed by atoms with Crippen molar-refractivity contribution >= 4 is 37.9 Å². The number of hydrogen-bond acceptors (Lipinski definition) is 3. The lowest BCUT2D eigenvalue weighted by Gasteiger charge is -2.15. The molecule has 0 aromatic heterocycles. The van der Waals surface area contributed by atoms with E-state index >= 15 is 0 Å². The Morgan fingerprint density at radius 1 is 1.19 bits per heavy atom. The number of benzene rings is 1. The van der Waals surface area contributed by atoms with E-state index in [1.165, 1.54) is 6.08 Å². The van der Waals surface area contributed by atoms with Crippen LogP contribution in [0.25, 0.3) is 6.08 Å². The maximum atomic E-state index is 10.5. The number of ether oxygens (including phenoxy) is 1. The summed E-state index contributed by atoms with van der Waals surface area (Å²) in [6.07, 6.45) is 6.28. The highest BCUT2D eigenvalue weighted by Gasteiger charge is 2.11. The fourth-order valence-electron chi connectivity index (χ4n) is 2.17. The van der Waals surface area contributed by atoms with Crippen LogP contribution < -0.4 is 4.74 Å².